The summed E-state index contributed by atoms with van der Waals surface area (Å²) < 4.78 is 12.5. The van der Waals surface area contributed by atoms with Gasteiger partial charge in [0.1, 0.15) is 18.1 Å². The molecule has 4 aromatic rings. The number of anilines is 1. The third-order valence-electron chi connectivity index (χ3n) is 7.69. The minimum atomic E-state index is -1.07. The van der Waals surface area contributed by atoms with Crippen molar-refractivity contribution in [2.45, 2.75) is 57.7 Å². The van der Waals surface area contributed by atoms with Gasteiger partial charge in [-0.05, 0) is 61.7 Å². The van der Waals surface area contributed by atoms with E-state index in [4.69, 9.17) is 9.47 Å². The van der Waals surface area contributed by atoms with Gasteiger partial charge in [0.2, 0.25) is 11.8 Å². The number of aromatic nitrogens is 3. The molecule has 0 unspecified atom stereocenters. The summed E-state index contributed by atoms with van der Waals surface area (Å²) in [6.45, 7) is 1.29. The number of benzene rings is 3. The van der Waals surface area contributed by atoms with E-state index in [1.54, 1.807) is 42.5 Å². The summed E-state index contributed by atoms with van der Waals surface area (Å²) in [7, 11) is 3.06. The lowest BCUT2D eigenvalue weighted by atomic mass is 9.94. The van der Waals surface area contributed by atoms with E-state index in [2.05, 4.69) is 15.6 Å². The second-order valence-corrected chi connectivity index (χ2v) is 10.5. The molecular formula is C32H35N5O5. The molecule has 218 valence electrons. The third kappa shape index (κ3) is 6.12. The molecule has 1 aromatic heterocycles. The van der Waals surface area contributed by atoms with Gasteiger partial charge < -0.3 is 14.8 Å². The zero-order valence-corrected chi connectivity index (χ0v) is 24.1. The Labute approximate surface area is 244 Å². The Balaban J connectivity index is 1.63. The van der Waals surface area contributed by atoms with Gasteiger partial charge in [0.05, 0.1) is 19.7 Å². The number of hydrogen-bond acceptors (Lipinski definition) is 7. The van der Waals surface area contributed by atoms with Gasteiger partial charge in [-0.15, -0.1) is 5.10 Å². The van der Waals surface area contributed by atoms with E-state index < -0.39 is 11.9 Å². The molecule has 3 aromatic carbocycles. The van der Waals surface area contributed by atoms with E-state index in [1.807, 2.05) is 24.3 Å². The fourth-order valence-corrected chi connectivity index (χ4v) is 5.52. The molecule has 42 heavy (non-hydrogen) atoms. The normalized spacial score (nSPS) is 14.3. The number of methoxy groups -OCH3 is 2. The maximum Gasteiger partial charge on any atom is 0.249 e. The Kier molecular flexibility index (Phi) is 8.80. The van der Waals surface area contributed by atoms with Crippen LogP contribution < -0.4 is 19.7 Å². The van der Waals surface area contributed by atoms with Crippen molar-refractivity contribution in [3.8, 4) is 11.5 Å². The van der Waals surface area contributed by atoms with Crippen LogP contribution in [0.5, 0.6) is 11.5 Å². The molecule has 1 N–H and O–H groups in total. The number of para-hydroxylation sites is 1. The van der Waals surface area contributed by atoms with E-state index in [1.165, 1.54) is 30.7 Å². The van der Waals surface area contributed by atoms with Crippen LogP contribution in [0.3, 0.4) is 0 Å². The van der Waals surface area contributed by atoms with Crippen molar-refractivity contribution in [2.24, 2.45) is 0 Å². The molecule has 0 bridgehead atoms. The zero-order valence-electron chi connectivity index (χ0n) is 24.1. The number of ketones is 1. The molecular weight excluding hydrogens is 534 g/mol. The number of nitrogens with one attached hydrogen (secondary N) is 1. The Hall–Kier alpha value is -4.73. The monoisotopic (exact) mass is 569 g/mol. The average molecular weight is 570 g/mol. The molecule has 2 amide bonds. The SMILES string of the molecule is COc1ccc([C@@H](C(=O)NC2CCCCC2)N(C(=O)Cn2nnc3ccccc32)c2cccc(C(C)=O)c2)cc1OC. The largest absolute Gasteiger partial charge is 0.493 e. The minimum absolute atomic E-state index is 0.00802. The number of ether oxygens (including phenoxy) is 2. The molecule has 10 heteroatoms. The number of nitrogens with zero attached hydrogens (tertiary/aromatic N) is 4. The molecule has 0 spiro atoms. The second kappa shape index (κ2) is 12.8. The summed E-state index contributed by atoms with van der Waals surface area (Å²) in [6.07, 6.45) is 4.97. The number of rotatable bonds is 10. The van der Waals surface area contributed by atoms with Crippen molar-refractivity contribution >= 4 is 34.3 Å². The summed E-state index contributed by atoms with van der Waals surface area (Å²) in [6, 6.07) is 18.2. The smallest absolute Gasteiger partial charge is 0.249 e. The summed E-state index contributed by atoms with van der Waals surface area (Å²) in [5.41, 5.74) is 2.72. The number of fused-ring (bicyclic) bond motifs is 1. The first-order chi connectivity index (χ1) is 20.4. The maximum atomic E-state index is 14.3. The highest BCUT2D eigenvalue weighted by Crippen LogP contribution is 2.35. The van der Waals surface area contributed by atoms with Crippen molar-refractivity contribution in [1.82, 2.24) is 20.3 Å². The molecule has 1 aliphatic carbocycles. The van der Waals surface area contributed by atoms with Gasteiger partial charge in [0.25, 0.3) is 0 Å². The van der Waals surface area contributed by atoms with E-state index in [9.17, 15) is 14.4 Å². The van der Waals surface area contributed by atoms with Gasteiger partial charge in [-0.25, -0.2) is 4.68 Å². The lowest BCUT2D eigenvalue weighted by Gasteiger charge is -2.34. The van der Waals surface area contributed by atoms with Gasteiger partial charge in [-0.2, -0.15) is 0 Å². The van der Waals surface area contributed by atoms with Crippen LogP contribution in [-0.2, 0) is 16.1 Å². The number of Topliss-reactive ketones (excluding diaryl/α,β-unsaturated/α-hetero) is 1. The molecule has 1 aliphatic rings. The van der Waals surface area contributed by atoms with Crippen LogP contribution in [0.4, 0.5) is 5.69 Å². The average Bonchev–Trinajstić information content (AvgIpc) is 3.42. The summed E-state index contributed by atoms with van der Waals surface area (Å²) >= 11 is 0. The summed E-state index contributed by atoms with van der Waals surface area (Å²) in [5.74, 6) is 0.0563. The molecule has 1 atom stereocenters. The van der Waals surface area contributed by atoms with Gasteiger partial charge in [0.15, 0.2) is 17.3 Å². The lowest BCUT2D eigenvalue weighted by molar-refractivity contribution is -0.127. The molecule has 1 saturated carbocycles. The maximum absolute atomic E-state index is 14.3. The Morgan fingerprint density at radius 3 is 2.45 bits per heavy atom. The van der Waals surface area contributed by atoms with Gasteiger partial charge >= 0.3 is 0 Å². The van der Waals surface area contributed by atoms with Crippen LogP contribution >= 0.6 is 0 Å². The van der Waals surface area contributed by atoms with Crippen molar-refractivity contribution in [3.63, 3.8) is 0 Å². The number of carbonyl (C=O) groups is 3. The molecule has 0 aliphatic heterocycles. The van der Waals surface area contributed by atoms with Crippen molar-refractivity contribution in [2.75, 3.05) is 19.1 Å². The Morgan fingerprint density at radius 1 is 0.952 bits per heavy atom. The van der Waals surface area contributed by atoms with Crippen LogP contribution in [-0.4, -0.2) is 52.9 Å². The topological polar surface area (TPSA) is 116 Å². The van der Waals surface area contributed by atoms with Gasteiger partial charge in [0, 0.05) is 17.3 Å². The highest BCUT2D eigenvalue weighted by Gasteiger charge is 2.35. The second-order valence-electron chi connectivity index (χ2n) is 10.5. The van der Waals surface area contributed by atoms with Gasteiger partial charge in [-0.3, -0.25) is 19.3 Å². The molecule has 5 rings (SSSR count). The van der Waals surface area contributed by atoms with Crippen molar-refractivity contribution in [1.29, 1.82) is 0 Å². The summed E-state index contributed by atoms with van der Waals surface area (Å²) in [4.78, 5) is 42.4. The van der Waals surface area contributed by atoms with Crippen LogP contribution in [0.1, 0.15) is 61.0 Å². The van der Waals surface area contributed by atoms with Crippen LogP contribution in [0.25, 0.3) is 11.0 Å². The van der Waals surface area contributed by atoms with E-state index in [0.717, 1.165) is 32.1 Å². The predicted molar refractivity (Wildman–Crippen MR) is 159 cm³/mol. The van der Waals surface area contributed by atoms with Crippen LogP contribution in [0.2, 0.25) is 0 Å². The Bertz CT molecular complexity index is 1590. The third-order valence-corrected chi connectivity index (χ3v) is 7.69. The fraction of sp³-hybridized carbons (Fsp3) is 0.344. The van der Waals surface area contributed by atoms with E-state index in [0.29, 0.717) is 39.3 Å². The number of amides is 2. The molecule has 0 radical (unpaired) electrons. The van der Waals surface area contributed by atoms with Crippen LogP contribution in [0, 0.1) is 0 Å². The highest BCUT2D eigenvalue weighted by molar-refractivity contribution is 6.03. The Morgan fingerprint density at radius 2 is 1.71 bits per heavy atom. The van der Waals surface area contributed by atoms with E-state index >= 15 is 0 Å². The highest BCUT2D eigenvalue weighted by atomic mass is 16.5. The van der Waals surface area contributed by atoms with Crippen LogP contribution in [0.15, 0.2) is 66.7 Å². The van der Waals surface area contributed by atoms with Crippen molar-refractivity contribution in [3.05, 3.63) is 77.9 Å². The zero-order chi connectivity index (χ0) is 29.6. The van der Waals surface area contributed by atoms with E-state index in [-0.39, 0.29) is 24.3 Å². The first-order valence-electron chi connectivity index (χ1n) is 14.1. The van der Waals surface area contributed by atoms with Gasteiger partial charge in [-0.1, -0.05) is 54.8 Å². The first-order valence-corrected chi connectivity index (χ1v) is 14.1. The molecule has 0 saturated heterocycles. The predicted octanol–water partition coefficient (Wildman–Crippen LogP) is 4.87. The fourth-order valence-electron chi connectivity index (χ4n) is 5.52. The van der Waals surface area contributed by atoms with Crippen molar-refractivity contribution < 1.29 is 23.9 Å². The minimum Gasteiger partial charge on any atom is -0.493 e. The molecule has 10 nitrogen and oxygen atoms in total. The standard InChI is InChI=1S/C32H35N5O5/c1-21(38)22-10-9-13-25(18-22)37(30(39)20-36-27-15-8-7-14-26(27)34-35-36)31(32(40)33-24-11-5-4-6-12-24)23-16-17-28(41-2)29(19-23)42-3/h7-10,13-19,24,31H,4-6,11-12,20H2,1-3H3,(H,33,40)/t31-/m0/s1. The summed E-state index contributed by atoms with van der Waals surface area (Å²) in [5, 5.41) is 11.6. The molecule has 1 fully saturated rings. The molecule has 1 heterocycles. The number of carbonyl (C=O) groups excluding carboxylic acids is 3. The quantitative estimate of drug-likeness (QED) is 0.271. The first kappa shape index (κ1) is 28.8. The number of hydrogen-bond donors (Lipinski definition) is 1. The lowest BCUT2D eigenvalue weighted by Crippen LogP contribution is -2.48.